The van der Waals surface area contributed by atoms with Gasteiger partial charge in [0.15, 0.2) is 0 Å². The summed E-state index contributed by atoms with van der Waals surface area (Å²) in [4.78, 5) is 37.3. The predicted molar refractivity (Wildman–Crippen MR) is 77.7 cm³/mol. The number of halogens is 2. The number of alkyl halides is 2. The van der Waals surface area contributed by atoms with Crippen molar-refractivity contribution in [3.05, 3.63) is 0 Å². The van der Waals surface area contributed by atoms with Gasteiger partial charge in [-0.25, -0.2) is 8.78 Å². The van der Waals surface area contributed by atoms with Crippen molar-refractivity contribution in [3.63, 3.8) is 0 Å². The summed E-state index contributed by atoms with van der Waals surface area (Å²) in [5, 5.41) is 2.93. The summed E-state index contributed by atoms with van der Waals surface area (Å²) >= 11 is 0. The highest BCUT2D eigenvalue weighted by Crippen LogP contribution is 2.41. The summed E-state index contributed by atoms with van der Waals surface area (Å²) in [5.41, 5.74) is -0.204. The monoisotopic (exact) mass is 328 g/mol. The van der Waals surface area contributed by atoms with Gasteiger partial charge in [0.25, 0.3) is 5.92 Å². The fraction of sp³-hybridized carbons (Fsp3) is 0.812. The zero-order valence-corrected chi connectivity index (χ0v) is 13.2. The molecule has 3 fully saturated rings. The quantitative estimate of drug-likeness (QED) is 0.793. The molecule has 5 nitrogen and oxygen atoms in total. The number of carbonyl (C=O) groups excluding carboxylic acids is 3. The minimum absolute atomic E-state index is 0.0140. The summed E-state index contributed by atoms with van der Waals surface area (Å²) in [7, 11) is 0. The van der Waals surface area contributed by atoms with Crippen molar-refractivity contribution in [2.45, 2.75) is 50.5 Å². The second-order valence-corrected chi connectivity index (χ2v) is 7.50. The lowest BCUT2D eigenvalue weighted by atomic mass is 9.93. The largest absolute Gasteiger partial charge is 0.351 e. The zero-order chi connectivity index (χ0) is 16.8. The number of rotatable bonds is 4. The number of carbonyl (C=O) groups is 3. The van der Waals surface area contributed by atoms with Crippen molar-refractivity contribution in [3.8, 4) is 0 Å². The van der Waals surface area contributed by atoms with Crippen LogP contribution in [0, 0.1) is 17.8 Å². The van der Waals surface area contributed by atoms with Crippen molar-refractivity contribution >= 4 is 18.1 Å². The smallest absolute Gasteiger partial charge is 0.267 e. The van der Waals surface area contributed by atoms with Gasteiger partial charge in [-0.3, -0.25) is 9.59 Å². The summed E-state index contributed by atoms with van der Waals surface area (Å²) in [6.45, 7) is 1.37. The van der Waals surface area contributed by atoms with E-state index in [1.807, 2.05) is 6.92 Å². The molecule has 1 N–H and O–H groups in total. The number of likely N-dealkylation sites (tertiary alicyclic amines) is 1. The molecule has 0 aromatic rings. The molecule has 0 aromatic carbocycles. The van der Waals surface area contributed by atoms with E-state index in [-0.39, 0.29) is 36.8 Å². The van der Waals surface area contributed by atoms with Gasteiger partial charge in [0.1, 0.15) is 6.29 Å². The van der Waals surface area contributed by atoms with Crippen molar-refractivity contribution in [2.24, 2.45) is 17.8 Å². The van der Waals surface area contributed by atoms with Crippen LogP contribution < -0.4 is 5.32 Å². The lowest BCUT2D eigenvalue weighted by Gasteiger charge is -2.25. The fourth-order valence-corrected chi connectivity index (χ4v) is 3.61. The van der Waals surface area contributed by atoms with Crippen molar-refractivity contribution in [2.75, 3.05) is 13.1 Å². The molecule has 1 aliphatic heterocycles. The Labute approximate surface area is 133 Å². The number of hydrogen-bond donors (Lipinski definition) is 1. The minimum atomic E-state index is -2.85. The maximum absolute atomic E-state index is 13.3. The molecule has 0 radical (unpaired) electrons. The molecule has 3 unspecified atom stereocenters. The third kappa shape index (κ3) is 3.38. The van der Waals surface area contributed by atoms with Crippen molar-refractivity contribution in [1.82, 2.24) is 10.2 Å². The number of nitrogens with zero attached hydrogens (tertiary/aromatic N) is 1. The topological polar surface area (TPSA) is 66.5 Å². The number of amides is 2. The first-order valence-electron chi connectivity index (χ1n) is 8.17. The van der Waals surface area contributed by atoms with E-state index in [9.17, 15) is 23.2 Å². The first-order valence-corrected chi connectivity index (χ1v) is 8.17. The Morgan fingerprint density at radius 1 is 1.17 bits per heavy atom. The molecular weight excluding hydrogens is 306 g/mol. The molecule has 1 saturated heterocycles. The van der Waals surface area contributed by atoms with E-state index in [1.54, 1.807) is 0 Å². The average Bonchev–Trinajstić information content (AvgIpc) is 2.91. The first kappa shape index (κ1) is 16.3. The summed E-state index contributed by atoms with van der Waals surface area (Å²) in [6.07, 6.45) is 2.84. The highest BCUT2D eigenvalue weighted by atomic mass is 19.3. The lowest BCUT2D eigenvalue weighted by Crippen LogP contribution is -2.44. The molecule has 3 rings (SSSR count). The van der Waals surface area contributed by atoms with Gasteiger partial charge in [-0.15, -0.1) is 0 Å². The van der Waals surface area contributed by atoms with Crippen LogP contribution in [0.4, 0.5) is 8.78 Å². The Balaban J connectivity index is 1.70. The number of nitrogens with one attached hydrogen (secondary N) is 1. The molecular formula is C16H22F2N2O3. The third-order valence-electron chi connectivity index (χ3n) is 5.35. The molecule has 2 aliphatic carbocycles. The van der Waals surface area contributed by atoms with E-state index in [1.165, 1.54) is 0 Å². The van der Waals surface area contributed by atoms with E-state index >= 15 is 0 Å². The van der Waals surface area contributed by atoms with Gasteiger partial charge in [-0.05, 0) is 32.6 Å². The maximum Gasteiger partial charge on any atom is 0.267 e. The maximum atomic E-state index is 13.3. The molecule has 2 saturated carbocycles. The summed E-state index contributed by atoms with van der Waals surface area (Å²) in [6, 6.07) is 0. The molecule has 2 amide bonds. The lowest BCUT2D eigenvalue weighted by molar-refractivity contribution is -0.141. The van der Waals surface area contributed by atoms with Gasteiger partial charge in [0, 0.05) is 24.4 Å². The fourth-order valence-electron chi connectivity index (χ4n) is 3.61. The molecule has 1 heterocycles. The zero-order valence-electron chi connectivity index (χ0n) is 13.2. The Bertz CT molecular complexity index is 533. The van der Waals surface area contributed by atoms with Gasteiger partial charge in [0.05, 0.1) is 18.4 Å². The standard InChI is InChI=1S/C16H22F2N2O3/c1-15(2-3-15)19-13(22)11-6-10(8-21)7-12(11)14(23)20-5-4-16(17,18)9-20/h8,10-12H,2-7,9H2,1H3,(H,19,22). The van der Waals surface area contributed by atoms with Crippen molar-refractivity contribution in [1.29, 1.82) is 0 Å². The second-order valence-electron chi connectivity index (χ2n) is 7.50. The van der Waals surface area contributed by atoms with Crippen LogP contribution in [-0.2, 0) is 14.4 Å². The van der Waals surface area contributed by atoms with Crippen LogP contribution in [-0.4, -0.2) is 47.6 Å². The Morgan fingerprint density at radius 2 is 1.83 bits per heavy atom. The van der Waals surface area contributed by atoms with Crippen LogP contribution in [0.2, 0.25) is 0 Å². The van der Waals surface area contributed by atoms with Gasteiger partial charge in [-0.1, -0.05) is 0 Å². The van der Waals surface area contributed by atoms with Crippen molar-refractivity contribution < 1.29 is 23.2 Å². The predicted octanol–water partition coefficient (Wildman–Crippen LogP) is 1.36. The van der Waals surface area contributed by atoms with Crippen LogP contribution in [0.15, 0.2) is 0 Å². The molecule has 0 aromatic heterocycles. The van der Waals surface area contributed by atoms with E-state index in [2.05, 4.69) is 5.32 Å². The van der Waals surface area contributed by atoms with Crippen LogP contribution in [0.5, 0.6) is 0 Å². The summed E-state index contributed by atoms with van der Waals surface area (Å²) < 4.78 is 26.7. The molecule has 0 spiro atoms. The normalized spacial score (nSPS) is 34.2. The van der Waals surface area contributed by atoms with E-state index < -0.39 is 30.2 Å². The van der Waals surface area contributed by atoms with E-state index in [0.717, 1.165) is 24.0 Å². The summed E-state index contributed by atoms with van der Waals surface area (Å²) in [5.74, 6) is -5.09. The SMILES string of the molecule is CC1(NC(=O)C2CC(C=O)CC2C(=O)N2CCC(F)(F)C2)CC1. The third-order valence-corrected chi connectivity index (χ3v) is 5.35. The minimum Gasteiger partial charge on any atom is -0.351 e. The molecule has 128 valence electrons. The average molecular weight is 328 g/mol. The van der Waals surface area contributed by atoms with Crippen LogP contribution in [0.1, 0.15) is 39.0 Å². The van der Waals surface area contributed by atoms with Gasteiger partial charge in [-0.2, -0.15) is 0 Å². The van der Waals surface area contributed by atoms with Gasteiger partial charge < -0.3 is 15.0 Å². The Morgan fingerprint density at radius 3 is 2.35 bits per heavy atom. The molecule has 0 bridgehead atoms. The second kappa shape index (κ2) is 5.53. The Hall–Kier alpha value is -1.53. The number of hydrogen-bond acceptors (Lipinski definition) is 3. The molecule has 23 heavy (non-hydrogen) atoms. The highest BCUT2D eigenvalue weighted by Gasteiger charge is 2.49. The van der Waals surface area contributed by atoms with Gasteiger partial charge >= 0.3 is 0 Å². The van der Waals surface area contributed by atoms with E-state index in [4.69, 9.17) is 0 Å². The van der Waals surface area contributed by atoms with Crippen LogP contribution in [0.3, 0.4) is 0 Å². The molecule has 3 aliphatic rings. The highest BCUT2D eigenvalue weighted by molar-refractivity contribution is 5.89. The van der Waals surface area contributed by atoms with Crippen LogP contribution >= 0.6 is 0 Å². The van der Waals surface area contributed by atoms with Gasteiger partial charge in [0.2, 0.25) is 11.8 Å². The van der Waals surface area contributed by atoms with E-state index in [0.29, 0.717) is 6.42 Å². The Kier molecular flexibility index (Phi) is 3.92. The molecule has 3 atom stereocenters. The first-order chi connectivity index (χ1) is 10.7. The van der Waals surface area contributed by atoms with Crippen LogP contribution in [0.25, 0.3) is 0 Å². The molecule has 7 heteroatoms. The number of aldehydes is 1.